The summed E-state index contributed by atoms with van der Waals surface area (Å²) < 4.78 is 5.66. The number of hydrogen-bond donors (Lipinski definition) is 1. The standard InChI is InChI=1S/C22H19ClN2O2/c1-12-8-19-21(14(3)22(12)23)15(11-27-19)10-20(26)25-18-9-13(2)24-17-7-5-4-6-16(17)18/h4-9,11H,10H2,1-3H3,(H,24,25,26). The van der Waals surface area contributed by atoms with Gasteiger partial charge in [-0.3, -0.25) is 9.78 Å². The Kier molecular flexibility index (Phi) is 4.36. The molecule has 27 heavy (non-hydrogen) atoms. The molecule has 0 unspecified atom stereocenters. The number of nitrogens with zero attached hydrogens (tertiary/aromatic N) is 1. The molecule has 2 heterocycles. The highest BCUT2D eigenvalue weighted by Crippen LogP contribution is 2.33. The average molecular weight is 379 g/mol. The Morgan fingerprint density at radius 2 is 1.96 bits per heavy atom. The Morgan fingerprint density at radius 3 is 2.78 bits per heavy atom. The molecule has 1 amide bonds. The maximum Gasteiger partial charge on any atom is 0.228 e. The van der Waals surface area contributed by atoms with Crippen LogP contribution >= 0.6 is 11.6 Å². The van der Waals surface area contributed by atoms with E-state index in [4.69, 9.17) is 16.0 Å². The first-order chi connectivity index (χ1) is 12.9. The molecular weight excluding hydrogens is 360 g/mol. The van der Waals surface area contributed by atoms with Gasteiger partial charge in [-0.2, -0.15) is 0 Å². The number of anilines is 1. The summed E-state index contributed by atoms with van der Waals surface area (Å²) in [5.74, 6) is -0.107. The number of hydrogen-bond acceptors (Lipinski definition) is 3. The van der Waals surface area contributed by atoms with Crippen LogP contribution in [0.1, 0.15) is 22.4 Å². The Bertz CT molecular complexity index is 1190. The zero-order valence-electron chi connectivity index (χ0n) is 15.4. The van der Waals surface area contributed by atoms with Gasteiger partial charge in [0.25, 0.3) is 0 Å². The summed E-state index contributed by atoms with van der Waals surface area (Å²) in [5, 5.41) is 5.56. The summed E-state index contributed by atoms with van der Waals surface area (Å²) in [7, 11) is 0. The van der Waals surface area contributed by atoms with Crippen molar-refractivity contribution >= 4 is 45.1 Å². The van der Waals surface area contributed by atoms with Crippen LogP contribution in [0.2, 0.25) is 5.02 Å². The van der Waals surface area contributed by atoms with Crippen molar-refractivity contribution in [2.24, 2.45) is 0 Å². The van der Waals surface area contributed by atoms with Gasteiger partial charge in [0.05, 0.1) is 23.9 Å². The summed E-state index contributed by atoms with van der Waals surface area (Å²) in [6.45, 7) is 5.81. The van der Waals surface area contributed by atoms with Gasteiger partial charge in [-0.1, -0.05) is 29.8 Å². The Morgan fingerprint density at radius 1 is 1.19 bits per heavy atom. The number of fused-ring (bicyclic) bond motifs is 2. The summed E-state index contributed by atoms with van der Waals surface area (Å²) in [6.07, 6.45) is 1.85. The van der Waals surface area contributed by atoms with Gasteiger partial charge in [0, 0.05) is 27.1 Å². The number of para-hydroxylation sites is 1. The molecule has 0 fully saturated rings. The van der Waals surface area contributed by atoms with Crippen LogP contribution in [0.25, 0.3) is 21.9 Å². The third-order valence-corrected chi connectivity index (χ3v) is 5.34. The van der Waals surface area contributed by atoms with Gasteiger partial charge in [0.1, 0.15) is 5.58 Å². The van der Waals surface area contributed by atoms with Crippen LogP contribution in [0.4, 0.5) is 5.69 Å². The number of carbonyl (C=O) groups excluding carboxylic acids is 1. The summed E-state index contributed by atoms with van der Waals surface area (Å²) >= 11 is 6.39. The summed E-state index contributed by atoms with van der Waals surface area (Å²) in [4.78, 5) is 17.2. The van der Waals surface area contributed by atoms with Crippen LogP contribution in [-0.2, 0) is 11.2 Å². The van der Waals surface area contributed by atoms with Gasteiger partial charge in [0.2, 0.25) is 5.91 Å². The number of furan rings is 1. The number of aryl methyl sites for hydroxylation is 3. The quantitative estimate of drug-likeness (QED) is 0.494. The molecule has 0 aliphatic heterocycles. The third kappa shape index (κ3) is 3.17. The zero-order valence-corrected chi connectivity index (χ0v) is 16.1. The van der Waals surface area contributed by atoms with E-state index in [2.05, 4.69) is 10.3 Å². The van der Waals surface area contributed by atoms with E-state index in [0.717, 1.165) is 49.9 Å². The van der Waals surface area contributed by atoms with Gasteiger partial charge < -0.3 is 9.73 Å². The highest BCUT2D eigenvalue weighted by Gasteiger charge is 2.16. The minimum atomic E-state index is -0.107. The van der Waals surface area contributed by atoms with Crippen molar-refractivity contribution in [3.8, 4) is 0 Å². The molecule has 4 nitrogen and oxygen atoms in total. The topological polar surface area (TPSA) is 55.1 Å². The number of halogens is 1. The lowest BCUT2D eigenvalue weighted by Gasteiger charge is -2.10. The largest absolute Gasteiger partial charge is 0.464 e. The van der Waals surface area contributed by atoms with Crippen LogP contribution < -0.4 is 5.32 Å². The summed E-state index contributed by atoms with van der Waals surface area (Å²) in [5.41, 5.74) is 5.97. The molecule has 2 aromatic carbocycles. The van der Waals surface area contributed by atoms with Crippen LogP contribution in [0.5, 0.6) is 0 Å². The van der Waals surface area contributed by atoms with Crippen molar-refractivity contribution in [3.05, 3.63) is 70.1 Å². The molecule has 4 aromatic rings. The highest BCUT2D eigenvalue weighted by molar-refractivity contribution is 6.33. The van der Waals surface area contributed by atoms with Crippen LogP contribution in [0.3, 0.4) is 0 Å². The van der Waals surface area contributed by atoms with E-state index in [0.29, 0.717) is 5.02 Å². The number of amides is 1. The Labute approximate surface area is 162 Å². The van der Waals surface area contributed by atoms with Crippen molar-refractivity contribution in [1.82, 2.24) is 4.98 Å². The van der Waals surface area contributed by atoms with Crippen LogP contribution in [0.15, 0.2) is 47.1 Å². The maximum absolute atomic E-state index is 12.7. The van der Waals surface area contributed by atoms with Gasteiger partial charge >= 0.3 is 0 Å². The predicted octanol–water partition coefficient (Wildman–Crippen LogP) is 5.74. The highest BCUT2D eigenvalue weighted by atomic mass is 35.5. The number of pyridine rings is 1. The number of nitrogens with one attached hydrogen (secondary N) is 1. The molecule has 0 spiro atoms. The van der Waals surface area contributed by atoms with Crippen LogP contribution in [-0.4, -0.2) is 10.9 Å². The van der Waals surface area contributed by atoms with Gasteiger partial charge in [-0.25, -0.2) is 0 Å². The van der Waals surface area contributed by atoms with Crippen molar-refractivity contribution in [1.29, 1.82) is 0 Å². The molecule has 1 N–H and O–H groups in total. The lowest BCUT2D eigenvalue weighted by atomic mass is 10.0. The van der Waals surface area contributed by atoms with Crippen molar-refractivity contribution in [2.75, 3.05) is 5.32 Å². The van der Waals surface area contributed by atoms with Crippen molar-refractivity contribution in [3.63, 3.8) is 0 Å². The van der Waals surface area contributed by atoms with Crippen molar-refractivity contribution in [2.45, 2.75) is 27.2 Å². The normalized spacial score (nSPS) is 11.3. The lowest BCUT2D eigenvalue weighted by molar-refractivity contribution is -0.115. The van der Waals surface area contributed by atoms with E-state index in [1.165, 1.54) is 0 Å². The monoisotopic (exact) mass is 378 g/mol. The lowest BCUT2D eigenvalue weighted by Crippen LogP contribution is -2.15. The fourth-order valence-corrected chi connectivity index (χ4v) is 3.67. The first-order valence-electron chi connectivity index (χ1n) is 8.76. The van der Waals surface area contributed by atoms with E-state index < -0.39 is 0 Å². The molecule has 5 heteroatoms. The van der Waals surface area contributed by atoms with E-state index in [9.17, 15) is 4.79 Å². The molecule has 0 radical (unpaired) electrons. The second kappa shape index (κ2) is 6.71. The summed E-state index contributed by atoms with van der Waals surface area (Å²) in [6, 6.07) is 11.6. The number of benzene rings is 2. The fourth-order valence-electron chi connectivity index (χ4n) is 3.52. The Balaban J connectivity index is 1.66. The molecule has 0 saturated carbocycles. The third-order valence-electron chi connectivity index (χ3n) is 4.76. The molecule has 0 atom stereocenters. The molecule has 0 saturated heterocycles. The van der Waals surface area contributed by atoms with Crippen LogP contribution in [0, 0.1) is 20.8 Å². The molecule has 136 valence electrons. The number of rotatable bonds is 3. The minimum Gasteiger partial charge on any atom is -0.464 e. The predicted molar refractivity (Wildman–Crippen MR) is 110 cm³/mol. The van der Waals surface area contributed by atoms with Gasteiger partial charge in [-0.05, 0) is 50.1 Å². The molecule has 2 aromatic heterocycles. The van der Waals surface area contributed by atoms with E-state index >= 15 is 0 Å². The van der Waals surface area contributed by atoms with Gasteiger partial charge in [0.15, 0.2) is 0 Å². The second-order valence-corrected chi connectivity index (χ2v) is 7.20. The first kappa shape index (κ1) is 17.6. The molecule has 4 rings (SSSR count). The Hall–Kier alpha value is -2.85. The SMILES string of the molecule is Cc1cc(NC(=O)Cc2coc3cc(C)c(Cl)c(C)c23)c2ccccc2n1. The average Bonchev–Trinajstić information content (AvgIpc) is 3.02. The fraction of sp³-hybridized carbons (Fsp3) is 0.182. The van der Waals surface area contributed by atoms with E-state index in [1.54, 1.807) is 6.26 Å². The molecule has 0 aliphatic carbocycles. The minimum absolute atomic E-state index is 0.107. The molecular formula is C22H19ClN2O2. The smallest absolute Gasteiger partial charge is 0.228 e. The van der Waals surface area contributed by atoms with E-state index in [1.807, 2.05) is 57.2 Å². The number of carbonyl (C=O) groups is 1. The van der Waals surface area contributed by atoms with E-state index in [-0.39, 0.29) is 12.3 Å². The molecule has 0 bridgehead atoms. The maximum atomic E-state index is 12.7. The zero-order chi connectivity index (χ0) is 19.1. The second-order valence-electron chi connectivity index (χ2n) is 6.82. The van der Waals surface area contributed by atoms with Gasteiger partial charge in [-0.15, -0.1) is 0 Å². The number of aromatic nitrogens is 1. The van der Waals surface area contributed by atoms with Crippen molar-refractivity contribution < 1.29 is 9.21 Å². The molecule has 0 aliphatic rings. The first-order valence-corrected chi connectivity index (χ1v) is 9.14.